The van der Waals surface area contributed by atoms with Crippen LogP contribution in [0.5, 0.6) is 0 Å². The fourth-order valence-electron chi connectivity index (χ4n) is 15.5. The van der Waals surface area contributed by atoms with Crippen molar-refractivity contribution in [3.63, 3.8) is 0 Å². The molecule has 0 bridgehead atoms. The number of aromatic nitrogens is 10. The van der Waals surface area contributed by atoms with Crippen LogP contribution >= 0.6 is 0 Å². The van der Waals surface area contributed by atoms with E-state index in [9.17, 15) is 0 Å². The summed E-state index contributed by atoms with van der Waals surface area (Å²) in [5.74, 6) is 0. The van der Waals surface area contributed by atoms with Crippen molar-refractivity contribution < 1.29 is 0 Å². The molecular formula is C98H58N10. The van der Waals surface area contributed by atoms with Gasteiger partial charge in [-0.05, 0) is 153 Å². The van der Waals surface area contributed by atoms with E-state index in [4.69, 9.17) is 29.9 Å². The minimum Gasteiger partial charge on any atom is -0.256 e. The first-order valence-electron chi connectivity index (χ1n) is 36.1. The van der Waals surface area contributed by atoms with E-state index in [2.05, 4.69) is 323 Å². The molecule has 0 atom stereocenters. The van der Waals surface area contributed by atoms with Gasteiger partial charge in [-0.25, -0.2) is 29.9 Å². The Bertz CT molecular complexity index is 7470. The first-order chi connectivity index (χ1) is 53.4. The standard InChI is InChI=1S/2C49H29N5/c1-4-31-5-2-24-50-47(31)41(7-1)45-23-16-30-8-11-37(29-46(30)53-45)36-18-21-42-40(28-36)19-22-43(52-42)38-14-12-35-27-39(15-13-34(35)26-38)44-20-17-33-10-9-32-6-3-25-51-48(32)49(33)54-44;1-2-10-38-37(9-1)39(20-21-40(38)44-24-17-33-14-13-32-8-5-27-51-48(32)49(33)54-44)43-25-19-36-28-34(18-22-42(36)52-43)35-15-12-30-16-23-45(53-46(30)29-35)41-11-3-6-31-7-4-26-50-47(31)41/h2*1-29H. The highest BCUT2D eigenvalue weighted by atomic mass is 14.8. The number of hydrogen-bond acceptors (Lipinski definition) is 10. The predicted octanol–water partition coefficient (Wildman–Crippen LogP) is 24.5. The van der Waals surface area contributed by atoms with Crippen LogP contribution in [0, 0.1) is 0 Å². The lowest BCUT2D eigenvalue weighted by atomic mass is 9.95. The van der Waals surface area contributed by atoms with Crippen LogP contribution in [-0.2, 0) is 0 Å². The van der Waals surface area contributed by atoms with E-state index in [-0.39, 0.29) is 0 Å². The lowest BCUT2D eigenvalue weighted by Gasteiger charge is -2.13. The molecule has 0 saturated heterocycles. The van der Waals surface area contributed by atoms with Crippen molar-refractivity contribution in [1.29, 1.82) is 0 Å². The van der Waals surface area contributed by atoms with Crippen LogP contribution in [0.1, 0.15) is 0 Å². The molecule has 10 nitrogen and oxygen atoms in total. The minimum absolute atomic E-state index is 0.914. The molecule has 0 amide bonds. The summed E-state index contributed by atoms with van der Waals surface area (Å²) in [7, 11) is 0. The Labute approximate surface area is 618 Å². The van der Waals surface area contributed by atoms with Gasteiger partial charge in [-0.1, -0.05) is 218 Å². The molecular weight excluding hydrogens is 1320 g/mol. The van der Waals surface area contributed by atoms with E-state index in [1.165, 1.54) is 0 Å². The van der Waals surface area contributed by atoms with Crippen LogP contribution in [0.2, 0.25) is 0 Å². The molecule has 22 aromatic rings. The molecule has 0 spiro atoms. The first-order valence-corrected chi connectivity index (χ1v) is 36.1. The van der Waals surface area contributed by atoms with Crippen LogP contribution in [0.25, 0.3) is 220 Å². The summed E-state index contributed by atoms with van der Waals surface area (Å²) in [6.07, 6.45) is 7.34. The summed E-state index contributed by atoms with van der Waals surface area (Å²) in [4.78, 5) is 49.3. The maximum Gasteiger partial charge on any atom is 0.0972 e. The second-order valence-corrected chi connectivity index (χ2v) is 27.5. The number of nitrogens with zero attached hydrogens (tertiary/aromatic N) is 10. The van der Waals surface area contributed by atoms with Gasteiger partial charge in [0.25, 0.3) is 0 Å². The Hall–Kier alpha value is -14.7. The fraction of sp³-hybridized carbons (Fsp3) is 0. The highest BCUT2D eigenvalue weighted by Gasteiger charge is 2.18. The number of hydrogen-bond donors (Lipinski definition) is 0. The summed E-state index contributed by atoms with van der Waals surface area (Å²) >= 11 is 0. The van der Waals surface area contributed by atoms with Crippen molar-refractivity contribution in [3.8, 4) is 89.8 Å². The normalized spacial score (nSPS) is 11.7. The van der Waals surface area contributed by atoms with Crippen LogP contribution in [-0.4, -0.2) is 49.8 Å². The van der Waals surface area contributed by atoms with Crippen LogP contribution in [0.3, 0.4) is 0 Å². The van der Waals surface area contributed by atoms with E-state index in [0.717, 1.165) is 220 Å². The van der Waals surface area contributed by atoms with E-state index >= 15 is 0 Å². The topological polar surface area (TPSA) is 129 Å². The number of rotatable bonds is 8. The Balaban J connectivity index is 0.000000138. The first kappa shape index (κ1) is 61.9. The summed E-state index contributed by atoms with van der Waals surface area (Å²) < 4.78 is 0. The zero-order chi connectivity index (χ0) is 71.2. The van der Waals surface area contributed by atoms with E-state index < -0.39 is 0 Å². The lowest BCUT2D eigenvalue weighted by Crippen LogP contribution is -1.92. The van der Waals surface area contributed by atoms with Gasteiger partial charge in [-0.3, -0.25) is 19.9 Å². The molecule has 0 aliphatic rings. The molecule has 0 saturated carbocycles. The van der Waals surface area contributed by atoms with Gasteiger partial charge in [0.1, 0.15) is 0 Å². The largest absolute Gasteiger partial charge is 0.256 e. The van der Waals surface area contributed by atoms with Crippen LogP contribution in [0.4, 0.5) is 0 Å². The molecule has 10 heteroatoms. The SMILES string of the molecule is c1cnc2c(-c3ccc4ccc(-c5ccc6nc(-c7ccc(-c8ccc9ccc%10cccnc%10c9n8)c8ccccc78)ccc6c5)cc4n3)cccc2c1.c1cnc2c(-c3ccc4ccc(-c5ccc6nc(-c7ccc8cc(-c9ccc%10ccc%11cccnc%11c%10n9)ccc8c7)ccc6c5)cc4n3)cccc2c1. The third-order valence-corrected chi connectivity index (χ3v) is 21.0. The van der Waals surface area contributed by atoms with Crippen molar-refractivity contribution in [2.75, 3.05) is 0 Å². The fourth-order valence-corrected chi connectivity index (χ4v) is 15.5. The van der Waals surface area contributed by atoms with E-state index in [0.29, 0.717) is 0 Å². The lowest BCUT2D eigenvalue weighted by molar-refractivity contribution is 1.37. The monoisotopic (exact) mass is 1370 g/mol. The molecule has 22 rings (SSSR count). The van der Waals surface area contributed by atoms with Gasteiger partial charge in [0.15, 0.2) is 0 Å². The molecule has 0 unspecified atom stereocenters. The molecule has 0 radical (unpaired) electrons. The molecule has 0 N–H and O–H groups in total. The Morgan fingerprint density at radius 3 is 0.944 bits per heavy atom. The molecule has 108 heavy (non-hydrogen) atoms. The molecule has 0 fully saturated rings. The second kappa shape index (κ2) is 25.6. The third-order valence-electron chi connectivity index (χ3n) is 21.0. The highest BCUT2D eigenvalue weighted by molar-refractivity contribution is 6.09. The summed E-state index contributed by atoms with van der Waals surface area (Å²) in [5.41, 5.74) is 25.9. The van der Waals surface area contributed by atoms with Gasteiger partial charge in [0, 0.05) is 112 Å². The van der Waals surface area contributed by atoms with Gasteiger partial charge < -0.3 is 0 Å². The minimum atomic E-state index is 0.914. The molecule has 10 heterocycles. The van der Waals surface area contributed by atoms with E-state index in [1.54, 1.807) is 0 Å². The van der Waals surface area contributed by atoms with Gasteiger partial charge in [-0.15, -0.1) is 0 Å². The number of pyridine rings is 10. The quantitative estimate of drug-likeness (QED) is 0.136. The number of benzene rings is 12. The van der Waals surface area contributed by atoms with Crippen molar-refractivity contribution >= 4 is 131 Å². The average molecular weight is 1380 g/mol. The molecule has 12 aromatic carbocycles. The molecule has 0 aliphatic carbocycles. The Kier molecular flexibility index (Phi) is 14.7. The summed E-state index contributed by atoms with van der Waals surface area (Å²) in [5, 5.41) is 15.5. The van der Waals surface area contributed by atoms with Crippen molar-refractivity contribution in [1.82, 2.24) is 49.8 Å². The van der Waals surface area contributed by atoms with E-state index in [1.807, 2.05) is 49.1 Å². The van der Waals surface area contributed by atoms with Crippen molar-refractivity contribution in [2.45, 2.75) is 0 Å². The predicted molar refractivity (Wildman–Crippen MR) is 444 cm³/mol. The van der Waals surface area contributed by atoms with Gasteiger partial charge in [-0.2, -0.15) is 0 Å². The Morgan fingerprint density at radius 2 is 0.454 bits per heavy atom. The number of fused-ring (bicyclic) bond motifs is 14. The van der Waals surface area contributed by atoms with Crippen LogP contribution < -0.4 is 0 Å². The zero-order valence-corrected chi connectivity index (χ0v) is 58.0. The Morgan fingerprint density at radius 1 is 0.148 bits per heavy atom. The summed E-state index contributed by atoms with van der Waals surface area (Å²) in [6.45, 7) is 0. The molecule has 500 valence electrons. The van der Waals surface area contributed by atoms with Crippen molar-refractivity contribution in [2.24, 2.45) is 0 Å². The second-order valence-electron chi connectivity index (χ2n) is 27.5. The highest BCUT2D eigenvalue weighted by Crippen LogP contribution is 2.40. The van der Waals surface area contributed by atoms with Crippen LogP contribution in [0.15, 0.2) is 352 Å². The maximum absolute atomic E-state index is 5.19. The smallest absolute Gasteiger partial charge is 0.0972 e. The maximum atomic E-state index is 5.19. The number of para-hydroxylation sites is 2. The summed E-state index contributed by atoms with van der Waals surface area (Å²) in [6, 6.07) is 115. The molecule has 0 aliphatic heterocycles. The van der Waals surface area contributed by atoms with Crippen molar-refractivity contribution in [3.05, 3.63) is 352 Å². The van der Waals surface area contributed by atoms with Gasteiger partial charge in [0.2, 0.25) is 0 Å². The zero-order valence-electron chi connectivity index (χ0n) is 58.0. The third kappa shape index (κ3) is 11.1. The van der Waals surface area contributed by atoms with Gasteiger partial charge in [0.05, 0.1) is 89.3 Å². The molecule has 10 aromatic heterocycles. The van der Waals surface area contributed by atoms with Gasteiger partial charge >= 0.3 is 0 Å². The average Bonchev–Trinajstić information content (AvgIpc) is 0.797.